The van der Waals surface area contributed by atoms with E-state index in [9.17, 15) is 14.7 Å². The van der Waals surface area contributed by atoms with Crippen LogP contribution < -0.4 is 10.9 Å². The summed E-state index contributed by atoms with van der Waals surface area (Å²) in [7, 11) is 0. The Morgan fingerprint density at radius 1 is 1.11 bits per heavy atom. The summed E-state index contributed by atoms with van der Waals surface area (Å²) >= 11 is 3.32. The lowest BCUT2D eigenvalue weighted by atomic mass is 10.0. The molecule has 2 N–H and O–H groups in total. The summed E-state index contributed by atoms with van der Waals surface area (Å²) in [5.41, 5.74) is 1.45. The number of amides is 1. The first-order valence-electron chi connectivity index (χ1n) is 8.36. The summed E-state index contributed by atoms with van der Waals surface area (Å²) < 4.78 is 1.92. The Morgan fingerprint density at radius 2 is 1.74 bits per heavy atom. The predicted octanol–water partition coefficient (Wildman–Crippen LogP) is 4.08. The highest BCUT2D eigenvalue weighted by Crippen LogP contribution is 2.19. The fourth-order valence-electron chi connectivity index (χ4n) is 2.52. The van der Waals surface area contributed by atoms with Crippen molar-refractivity contribution in [3.63, 3.8) is 0 Å². The van der Waals surface area contributed by atoms with Gasteiger partial charge in [0.05, 0.1) is 5.69 Å². The maximum Gasteiger partial charge on any atom is 0.279 e. The van der Waals surface area contributed by atoms with Gasteiger partial charge in [-0.3, -0.25) is 9.59 Å². The normalized spacial score (nSPS) is 10.8. The second-order valence-corrected chi connectivity index (χ2v) is 7.25. The summed E-state index contributed by atoms with van der Waals surface area (Å²) in [5, 5.41) is 16.8. The standard InChI is InChI=1S/C20H18BrN3O3/c1-12(2)13-3-7-15(8-4-13)22-20(27)19-17(25)11-18(26)24(23-19)16-9-5-14(21)6-10-16/h3-12,25H,1-2H3,(H,22,27). The first kappa shape index (κ1) is 18.8. The minimum Gasteiger partial charge on any atom is -0.505 e. The topological polar surface area (TPSA) is 84.2 Å². The maximum absolute atomic E-state index is 12.5. The first-order valence-corrected chi connectivity index (χ1v) is 9.15. The van der Waals surface area contributed by atoms with Gasteiger partial charge in [0.1, 0.15) is 0 Å². The zero-order valence-corrected chi connectivity index (χ0v) is 16.4. The van der Waals surface area contributed by atoms with Gasteiger partial charge < -0.3 is 10.4 Å². The number of aromatic hydroxyl groups is 1. The zero-order chi connectivity index (χ0) is 19.6. The zero-order valence-electron chi connectivity index (χ0n) is 14.8. The largest absolute Gasteiger partial charge is 0.505 e. The number of carbonyl (C=O) groups is 1. The molecule has 138 valence electrons. The van der Waals surface area contributed by atoms with Crippen molar-refractivity contribution in [3.8, 4) is 11.4 Å². The molecule has 7 heteroatoms. The second kappa shape index (κ2) is 7.75. The molecule has 0 aliphatic heterocycles. The Morgan fingerprint density at radius 3 is 2.33 bits per heavy atom. The molecule has 0 saturated heterocycles. The molecule has 0 aliphatic carbocycles. The van der Waals surface area contributed by atoms with Gasteiger partial charge in [0.15, 0.2) is 11.4 Å². The van der Waals surface area contributed by atoms with Crippen molar-refractivity contribution in [1.29, 1.82) is 0 Å². The fourth-order valence-corrected chi connectivity index (χ4v) is 2.78. The molecular formula is C20H18BrN3O3. The van der Waals surface area contributed by atoms with E-state index in [-0.39, 0.29) is 5.69 Å². The fraction of sp³-hybridized carbons (Fsp3) is 0.150. The highest BCUT2D eigenvalue weighted by Gasteiger charge is 2.17. The molecule has 1 aromatic heterocycles. The van der Waals surface area contributed by atoms with Crippen LogP contribution in [-0.4, -0.2) is 20.8 Å². The van der Waals surface area contributed by atoms with Crippen molar-refractivity contribution in [2.75, 3.05) is 5.32 Å². The Hall–Kier alpha value is -2.93. The van der Waals surface area contributed by atoms with Crippen LogP contribution in [-0.2, 0) is 0 Å². The number of nitrogens with one attached hydrogen (secondary N) is 1. The molecule has 0 atom stereocenters. The molecule has 1 heterocycles. The van der Waals surface area contributed by atoms with Crippen LogP contribution in [0.25, 0.3) is 5.69 Å². The molecular weight excluding hydrogens is 410 g/mol. The highest BCUT2D eigenvalue weighted by molar-refractivity contribution is 9.10. The summed E-state index contributed by atoms with van der Waals surface area (Å²) in [5.74, 6) is -0.685. The molecule has 0 radical (unpaired) electrons. The van der Waals surface area contributed by atoms with Gasteiger partial charge in [0.25, 0.3) is 11.5 Å². The lowest BCUT2D eigenvalue weighted by molar-refractivity contribution is 0.101. The SMILES string of the molecule is CC(C)c1ccc(NC(=O)c2nn(-c3ccc(Br)cc3)c(=O)cc2O)cc1. The van der Waals surface area contributed by atoms with Gasteiger partial charge >= 0.3 is 0 Å². The van der Waals surface area contributed by atoms with Gasteiger partial charge in [-0.2, -0.15) is 9.78 Å². The molecule has 0 spiro atoms. The number of rotatable bonds is 4. The monoisotopic (exact) mass is 427 g/mol. The third-order valence-electron chi connectivity index (χ3n) is 4.03. The molecule has 3 aromatic rings. The molecule has 0 bridgehead atoms. The van der Waals surface area contributed by atoms with E-state index < -0.39 is 17.2 Å². The molecule has 0 aliphatic rings. The molecule has 6 nitrogen and oxygen atoms in total. The van der Waals surface area contributed by atoms with E-state index in [1.54, 1.807) is 36.4 Å². The van der Waals surface area contributed by atoms with Crippen LogP contribution in [0.5, 0.6) is 5.75 Å². The number of aromatic nitrogens is 2. The van der Waals surface area contributed by atoms with E-state index in [4.69, 9.17) is 0 Å². The first-order chi connectivity index (χ1) is 12.8. The lowest BCUT2D eigenvalue weighted by Crippen LogP contribution is -2.25. The van der Waals surface area contributed by atoms with E-state index in [0.29, 0.717) is 17.3 Å². The predicted molar refractivity (Wildman–Crippen MR) is 108 cm³/mol. The second-order valence-electron chi connectivity index (χ2n) is 6.34. The smallest absolute Gasteiger partial charge is 0.279 e. The third-order valence-corrected chi connectivity index (χ3v) is 4.56. The van der Waals surface area contributed by atoms with Crippen molar-refractivity contribution in [3.05, 3.63) is 80.7 Å². The number of halogens is 1. The van der Waals surface area contributed by atoms with Crippen LogP contribution in [0.3, 0.4) is 0 Å². The molecule has 0 saturated carbocycles. The molecule has 0 fully saturated rings. The van der Waals surface area contributed by atoms with E-state index in [0.717, 1.165) is 20.8 Å². The van der Waals surface area contributed by atoms with Gasteiger partial charge in [0, 0.05) is 16.2 Å². The summed E-state index contributed by atoms with van der Waals surface area (Å²) in [6, 6.07) is 15.3. The van der Waals surface area contributed by atoms with Crippen LogP contribution in [0.15, 0.2) is 63.9 Å². The molecule has 2 aromatic carbocycles. The highest BCUT2D eigenvalue weighted by atomic mass is 79.9. The van der Waals surface area contributed by atoms with Gasteiger partial charge in [-0.05, 0) is 47.9 Å². The van der Waals surface area contributed by atoms with Gasteiger partial charge in [-0.15, -0.1) is 0 Å². The van der Waals surface area contributed by atoms with E-state index in [1.807, 2.05) is 12.1 Å². The van der Waals surface area contributed by atoms with E-state index in [2.05, 4.69) is 40.2 Å². The van der Waals surface area contributed by atoms with Crippen molar-refractivity contribution < 1.29 is 9.90 Å². The number of hydrogen-bond donors (Lipinski definition) is 2. The Balaban J connectivity index is 1.91. The number of hydrogen-bond acceptors (Lipinski definition) is 4. The van der Waals surface area contributed by atoms with Crippen LogP contribution in [0, 0.1) is 0 Å². The summed E-state index contributed by atoms with van der Waals surface area (Å²) in [6.45, 7) is 4.17. The van der Waals surface area contributed by atoms with Crippen molar-refractivity contribution in [2.24, 2.45) is 0 Å². The molecule has 1 amide bonds. The van der Waals surface area contributed by atoms with Crippen molar-refractivity contribution in [1.82, 2.24) is 9.78 Å². The van der Waals surface area contributed by atoms with Gasteiger partial charge in [0.2, 0.25) is 0 Å². The van der Waals surface area contributed by atoms with Crippen LogP contribution in [0.1, 0.15) is 35.8 Å². The van der Waals surface area contributed by atoms with E-state index >= 15 is 0 Å². The Labute approximate surface area is 164 Å². The molecule has 27 heavy (non-hydrogen) atoms. The molecule has 3 rings (SSSR count). The number of anilines is 1. The molecule has 0 unspecified atom stereocenters. The van der Waals surface area contributed by atoms with Crippen molar-refractivity contribution >= 4 is 27.5 Å². The third kappa shape index (κ3) is 4.25. The van der Waals surface area contributed by atoms with Crippen LogP contribution in [0.2, 0.25) is 0 Å². The van der Waals surface area contributed by atoms with Crippen LogP contribution >= 0.6 is 15.9 Å². The van der Waals surface area contributed by atoms with Crippen molar-refractivity contribution in [2.45, 2.75) is 19.8 Å². The minimum atomic E-state index is -0.601. The summed E-state index contributed by atoms with van der Waals surface area (Å²) in [4.78, 5) is 24.7. The number of benzene rings is 2. The summed E-state index contributed by atoms with van der Waals surface area (Å²) in [6.07, 6.45) is 0. The quantitative estimate of drug-likeness (QED) is 0.656. The average molecular weight is 428 g/mol. The van der Waals surface area contributed by atoms with E-state index in [1.165, 1.54) is 0 Å². The minimum absolute atomic E-state index is 0.231. The average Bonchev–Trinajstić information content (AvgIpc) is 2.63. The van der Waals surface area contributed by atoms with Gasteiger partial charge in [-0.1, -0.05) is 41.9 Å². The number of carbonyl (C=O) groups excluding carboxylic acids is 1. The maximum atomic E-state index is 12.5. The van der Waals surface area contributed by atoms with Gasteiger partial charge in [-0.25, -0.2) is 0 Å². The Kier molecular flexibility index (Phi) is 5.41. The lowest BCUT2D eigenvalue weighted by Gasteiger charge is -2.10. The number of nitrogens with zero attached hydrogens (tertiary/aromatic N) is 2. The van der Waals surface area contributed by atoms with Crippen LogP contribution in [0.4, 0.5) is 5.69 Å². The Bertz CT molecular complexity index is 1030.